The van der Waals surface area contributed by atoms with Crippen LogP contribution in [-0.2, 0) is 6.54 Å². The van der Waals surface area contributed by atoms with Crippen molar-refractivity contribution in [1.82, 2.24) is 5.32 Å². The summed E-state index contributed by atoms with van der Waals surface area (Å²) in [6.45, 7) is 7.86. The predicted molar refractivity (Wildman–Crippen MR) is 78.1 cm³/mol. The minimum absolute atomic E-state index is 0.462. The quantitative estimate of drug-likeness (QED) is 0.727. The Balaban J connectivity index is 2.56. The largest absolute Gasteiger partial charge is 0.493 e. The summed E-state index contributed by atoms with van der Waals surface area (Å²) in [7, 11) is 0. The van der Waals surface area contributed by atoms with Gasteiger partial charge in [-0.1, -0.05) is 32.0 Å². The van der Waals surface area contributed by atoms with Gasteiger partial charge in [-0.05, 0) is 25.3 Å². The molecule has 0 spiro atoms. The number of hydrogen-bond acceptors (Lipinski definition) is 3. The standard InChI is InChI=1S/C16H24N2O/c1-13(2)18-12-15-9-7-8-14(3)16(15)19-11-6-4-5-10-17/h7-9,13,18H,4-6,11-12H2,1-3H3. The van der Waals surface area contributed by atoms with Crippen LogP contribution in [0.15, 0.2) is 18.2 Å². The SMILES string of the molecule is Cc1cccc(CNC(C)C)c1OCCCCC#N. The van der Waals surface area contributed by atoms with Crippen molar-refractivity contribution in [3.8, 4) is 11.8 Å². The summed E-state index contributed by atoms with van der Waals surface area (Å²) < 4.78 is 5.90. The summed E-state index contributed by atoms with van der Waals surface area (Å²) in [5.41, 5.74) is 2.37. The molecule has 0 amide bonds. The smallest absolute Gasteiger partial charge is 0.126 e. The Morgan fingerprint density at radius 1 is 1.32 bits per heavy atom. The van der Waals surface area contributed by atoms with E-state index >= 15 is 0 Å². The highest BCUT2D eigenvalue weighted by molar-refractivity contribution is 5.40. The second-order valence-electron chi connectivity index (χ2n) is 5.06. The lowest BCUT2D eigenvalue weighted by atomic mass is 10.1. The molecule has 1 N–H and O–H groups in total. The Bertz CT molecular complexity index is 421. The van der Waals surface area contributed by atoms with Crippen LogP contribution < -0.4 is 10.1 Å². The minimum Gasteiger partial charge on any atom is -0.493 e. The molecule has 3 nitrogen and oxygen atoms in total. The highest BCUT2D eigenvalue weighted by Gasteiger charge is 2.07. The van der Waals surface area contributed by atoms with E-state index in [0.717, 1.165) is 25.1 Å². The number of nitriles is 1. The Kier molecular flexibility index (Phi) is 6.99. The second-order valence-corrected chi connectivity index (χ2v) is 5.06. The van der Waals surface area contributed by atoms with Gasteiger partial charge < -0.3 is 10.1 Å². The molecule has 0 saturated heterocycles. The maximum atomic E-state index is 8.49. The van der Waals surface area contributed by atoms with Gasteiger partial charge in [-0.2, -0.15) is 5.26 Å². The van der Waals surface area contributed by atoms with Crippen molar-refractivity contribution in [2.75, 3.05) is 6.61 Å². The number of benzene rings is 1. The van der Waals surface area contributed by atoms with E-state index in [4.69, 9.17) is 10.00 Å². The molecular formula is C16H24N2O. The lowest BCUT2D eigenvalue weighted by molar-refractivity contribution is 0.301. The Morgan fingerprint density at radius 2 is 2.11 bits per heavy atom. The summed E-state index contributed by atoms with van der Waals surface area (Å²) in [5.74, 6) is 0.993. The number of rotatable bonds is 8. The zero-order valence-corrected chi connectivity index (χ0v) is 12.2. The predicted octanol–water partition coefficient (Wildman–Crippen LogP) is 3.57. The number of nitrogens with zero attached hydrogens (tertiary/aromatic N) is 1. The van der Waals surface area contributed by atoms with E-state index in [-0.39, 0.29) is 0 Å². The van der Waals surface area contributed by atoms with Crippen LogP contribution in [-0.4, -0.2) is 12.6 Å². The number of aryl methyl sites for hydroxylation is 1. The van der Waals surface area contributed by atoms with Crippen molar-refractivity contribution in [2.24, 2.45) is 0 Å². The number of para-hydroxylation sites is 1. The van der Waals surface area contributed by atoms with Gasteiger partial charge in [0.25, 0.3) is 0 Å². The second kappa shape index (κ2) is 8.55. The molecule has 0 aromatic heterocycles. The number of hydrogen-bond donors (Lipinski definition) is 1. The van der Waals surface area contributed by atoms with E-state index in [2.05, 4.69) is 50.4 Å². The van der Waals surface area contributed by atoms with E-state index in [1.165, 1.54) is 11.1 Å². The van der Waals surface area contributed by atoms with Gasteiger partial charge in [0.05, 0.1) is 12.7 Å². The third-order valence-electron chi connectivity index (χ3n) is 2.92. The van der Waals surface area contributed by atoms with Gasteiger partial charge in [-0.25, -0.2) is 0 Å². The summed E-state index contributed by atoms with van der Waals surface area (Å²) in [6, 6.07) is 8.86. The van der Waals surface area contributed by atoms with Crippen LogP contribution in [0.2, 0.25) is 0 Å². The lowest BCUT2D eigenvalue weighted by Crippen LogP contribution is -2.22. The van der Waals surface area contributed by atoms with Gasteiger partial charge in [-0.15, -0.1) is 0 Å². The van der Waals surface area contributed by atoms with E-state index in [1.54, 1.807) is 0 Å². The highest BCUT2D eigenvalue weighted by Crippen LogP contribution is 2.23. The van der Waals surface area contributed by atoms with Crippen LogP contribution in [0.1, 0.15) is 44.2 Å². The van der Waals surface area contributed by atoms with Crippen molar-refractivity contribution in [1.29, 1.82) is 5.26 Å². The van der Waals surface area contributed by atoms with Gasteiger partial charge in [0.2, 0.25) is 0 Å². The monoisotopic (exact) mass is 260 g/mol. The van der Waals surface area contributed by atoms with Gasteiger partial charge in [0.15, 0.2) is 0 Å². The molecule has 19 heavy (non-hydrogen) atoms. The fourth-order valence-electron chi connectivity index (χ4n) is 1.85. The first-order valence-corrected chi connectivity index (χ1v) is 6.96. The summed E-state index contributed by atoms with van der Waals surface area (Å²) in [5, 5.41) is 11.9. The molecular weight excluding hydrogens is 236 g/mol. The van der Waals surface area contributed by atoms with E-state index in [0.29, 0.717) is 19.1 Å². The van der Waals surface area contributed by atoms with Crippen molar-refractivity contribution in [3.63, 3.8) is 0 Å². The Hall–Kier alpha value is -1.53. The summed E-state index contributed by atoms with van der Waals surface area (Å²) in [4.78, 5) is 0. The molecule has 104 valence electrons. The average Bonchev–Trinajstić information content (AvgIpc) is 2.38. The first-order valence-electron chi connectivity index (χ1n) is 6.96. The number of nitrogens with one attached hydrogen (secondary N) is 1. The zero-order chi connectivity index (χ0) is 14.1. The Labute approximate surface area is 116 Å². The van der Waals surface area contributed by atoms with Crippen LogP contribution in [0, 0.1) is 18.3 Å². The van der Waals surface area contributed by atoms with Crippen LogP contribution in [0.25, 0.3) is 0 Å². The lowest BCUT2D eigenvalue weighted by Gasteiger charge is -2.15. The van der Waals surface area contributed by atoms with E-state index in [1.807, 2.05) is 0 Å². The molecule has 0 atom stereocenters. The van der Waals surface area contributed by atoms with Crippen molar-refractivity contribution in [3.05, 3.63) is 29.3 Å². The number of unbranched alkanes of at least 4 members (excludes halogenated alkanes) is 2. The average molecular weight is 260 g/mol. The molecule has 0 fully saturated rings. The highest BCUT2D eigenvalue weighted by atomic mass is 16.5. The van der Waals surface area contributed by atoms with E-state index in [9.17, 15) is 0 Å². The topological polar surface area (TPSA) is 45.0 Å². The molecule has 0 aliphatic rings. The Morgan fingerprint density at radius 3 is 2.79 bits per heavy atom. The molecule has 1 aromatic rings. The zero-order valence-electron chi connectivity index (χ0n) is 12.2. The first kappa shape index (κ1) is 15.5. The van der Waals surface area contributed by atoms with Gasteiger partial charge in [0.1, 0.15) is 5.75 Å². The van der Waals surface area contributed by atoms with Crippen LogP contribution in [0.5, 0.6) is 5.75 Å². The molecule has 0 radical (unpaired) electrons. The van der Waals surface area contributed by atoms with Crippen LogP contribution in [0.3, 0.4) is 0 Å². The third kappa shape index (κ3) is 5.76. The van der Waals surface area contributed by atoms with Crippen molar-refractivity contribution in [2.45, 2.75) is 52.6 Å². The fourth-order valence-corrected chi connectivity index (χ4v) is 1.85. The van der Waals surface area contributed by atoms with Crippen LogP contribution in [0.4, 0.5) is 0 Å². The summed E-state index contributed by atoms with van der Waals surface area (Å²) in [6.07, 6.45) is 2.44. The summed E-state index contributed by atoms with van der Waals surface area (Å²) >= 11 is 0. The van der Waals surface area contributed by atoms with Gasteiger partial charge >= 0.3 is 0 Å². The molecule has 0 bridgehead atoms. The maximum Gasteiger partial charge on any atom is 0.126 e. The minimum atomic E-state index is 0.462. The number of ether oxygens (including phenoxy) is 1. The van der Waals surface area contributed by atoms with Crippen LogP contribution >= 0.6 is 0 Å². The molecule has 0 aliphatic heterocycles. The maximum absolute atomic E-state index is 8.49. The molecule has 0 aliphatic carbocycles. The third-order valence-corrected chi connectivity index (χ3v) is 2.92. The fraction of sp³-hybridized carbons (Fsp3) is 0.562. The van der Waals surface area contributed by atoms with Crippen molar-refractivity contribution < 1.29 is 4.74 Å². The van der Waals surface area contributed by atoms with Gasteiger partial charge in [0, 0.05) is 24.6 Å². The molecule has 3 heteroatoms. The normalized spacial score (nSPS) is 10.5. The molecule has 0 saturated carbocycles. The van der Waals surface area contributed by atoms with Gasteiger partial charge in [-0.3, -0.25) is 0 Å². The molecule has 1 aromatic carbocycles. The molecule has 1 rings (SSSR count). The molecule has 0 unspecified atom stereocenters. The first-order chi connectivity index (χ1) is 9.15. The van der Waals surface area contributed by atoms with Crippen molar-refractivity contribution >= 4 is 0 Å². The van der Waals surface area contributed by atoms with E-state index < -0.39 is 0 Å². The molecule has 0 heterocycles.